The van der Waals surface area contributed by atoms with Crippen molar-refractivity contribution in [2.24, 2.45) is 0 Å². The van der Waals surface area contributed by atoms with Crippen LogP contribution in [0.4, 0.5) is 11.5 Å². The summed E-state index contributed by atoms with van der Waals surface area (Å²) in [5.74, 6) is 1.54. The molecule has 26 heavy (non-hydrogen) atoms. The number of aromatic nitrogens is 4. The van der Waals surface area contributed by atoms with E-state index in [4.69, 9.17) is 9.47 Å². The zero-order valence-electron chi connectivity index (χ0n) is 14.6. The molecule has 1 aromatic carbocycles. The molecule has 134 valence electrons. The third kappa shape index (κ3) is 3.83. The number of ether oxygens (including phenoxy) is 2. The first-order valence-electron chi connectivity index (χ1n) is 8.68. The Morgan fingerprint density at radius 3 is 2.92 bits per heavy atom. The molecule has 1 aliphatic heterocycles. The maximum Gasteiger partial charge on any atom is 0.134 e. The summed E-state index contributed by atoms with van der Waals surface area (Å²) in [7, 11) is 1.65. The first-order valence-corrected chi connectivity index (χ1v) is 8.68. The van der Waals surface area contributed by atoms with Gasteiger partial charge in [-0.1, -0.05) is 0 Å². The van der Waals surface area contributed by atoms with E-state index in [0.717, 1.165) is 54.5 Å². The highest BCUT2D eigenvalue weighted by Gasteiger charge is 2.16. The van der Waals surface area contributed by atoms with Gasteiger partial charge >= 0.3 is 0 Å². The van der Waals surface area contributed by atoms with Gasteiger partial charge in [-0.3, -0.25) is 4.68 Å². The van der Waals surface area contributed by atoms with E-state index in [1.807, 2.05) is 41.2 Å². The summed E-state index contributed by atoms with van der Waals surface area (Å²) in [4.78, 5) is 8.65. The van der Waals surface area contributed by atoms with Crippen molar-refractivity contribution < 1.29 is 9.47 Å². The fraction of sp³-hybridized carbons (Fsp3) is 0.316. The molecule has 1 atom stereocenters. The van der Waals surface area contributed by atoms with Crippen LogP contribution in [0, 0.1) is 0 Å². The average molecular weight is 351 g/mol. The number of benzene rings is 1. The van der Waals surface area contributed by atoms with Crippen molar-refractivity contribution in [3.8, 4) is 17.0 Å². The molecule has 0 spiro atoms. The second-order valence-electron chi connectivity index (χ2n) is 6.23. The van der Waals surface area contributed by atoms with Crippen LogP contribution in [0.3, 0.4) is 0 Å². The van der Waals surface area contributed by atoms with E-state index in [9.17, 15) is 0 Å². The van der Waals surface area contributed by atoms with Gasteiger partial charge < -0.3 is 14.8 Å². The lowest BCUT2D eigenvalue weighted by molar-refractivity contribution is 0.0940. The number of rotatable bonds is 6. The molecule has 1 N–H and O–H groups in total. The molecule has 0 saturated carbocycles. The summed E-state index contributed by atoms with van der Waals surface area (Å²) >= 11 is 0. The number of anilines is 2. The molecule has 1 unspecified atom stereocenters. The smallest absolute Gasteiger partial charge is 0.134 e. The highest BCUT2D eigenvalue weighted by molar-refractivity contribution is 5.65. The molecule has 3 aromatic rings. The minimum absolute atomic E-state index is 0.267. The van der Waals surface area contributed by atoms with Crippen LogP contribution in [0.5, 0.6) is 5.75 Å². The monoisotopic (exact) mass is 351 g/mol. The lowest BCUT2D eigenvalue weighted by Gasteiger charge is -2.08. The first-order chi connectivity index (χ1) is 12.8. The van der Waals surface area contributed by atoms with Crippen molar-refractivity contribution in [1.29, 1.82) is 0 Å². The predicted molar refractivity (Wildman–Crippen MR) is 98.5 cm³/mol. The lowest BCUT2D eigenvalue weighted by atomic mass is 10.1. The van der Waals surface area contributed by atoms with Crippen molar-refractivity contribution in [3.05, 3.63) is 49.1 Å². The normalized spacial score (nSPS) is 16.6. The highest BCUT2D eigenvalue weighted by atomic mass is 16.5. The van der Waals surface area contributed by atoms with Crippen LogP contribution in [-0.2, 0) is 11.3 Å². The molecule has 4 rings (SSSR count). The predicted octanol–water partition coefficient (Wildman–Crippen LogP) is 3.27. The van der Waals surface area contributed by atoms with Crippen LogP contribution in [-0.4, -0.2) is 39.6 Å². The van der Waals surface area contributed by atoms with E-state index in [1.54, 1.807) is 19.6 Å². The van der Waals surface area contributed by atoms with E-state index in [0.29, 0.717) is 0 Å². The van der Waals surface area contributed by atoms with Gasteiger partial charge in [0, 0.05) is 24.4 Å². The average Bonchev–Trinajstić information content (AvgIpc) is 3.35. The van der Waals surface area contributed by atoms with Gasteiger partial charge in [-0.25, -0.2) is 9.97 Å². The summed E-state index contributed by atoms with van der Waals surface area (Å²) in [6.45, 7) is 1.63. The molecular weight excluding hydrogens is 330 g/mol. The minimum atomic E-state index is 0.267. The summed E-state index contributed by atoms with van der Waals surface area (Å²) in [5, 5.41) is 7.67. The molecular formula is C19H21N5O2. The van der Waals surface area contributed by atoms with Crippen LogP contribution in [0.15, 0.2) is 49.1 Å². The van der Waals surface area contributed by atoms with E-state index in [1.165, 1.54) is 0 Å². The van der Waals surface area contributed by atoms with Crippen molar-refractivity contribution in [1.82, 2.24) is 19.7 Å². The van der Waals surface area contributed by atoms with Crippen LogP contribution < -0.4 is 10.1 Å². The Labute approximate surface area is 152 Å². The Morgan fingerprint density at radius 2 is 2.15 bits per heavy atom. The summed E-state index contributed by atoms with van der Waals surface area (Å²) in [6, 6.07) is 9.70. The Bertz CT molecular complexity index is 856. The van der Waals surface area contributed by atoms with Crippen molar-refractivity contribution >= 4 is 11.5 Å². The highest BCUT2D eigenvalue weighted by Crippen LogP contribution is 2.23. The minimum Gasteiger partial charge on any atom is -0.497 e. The number of hydrogen-bond donors (Lipinski definition) is 1. The molecule has 0 amide bonds. The van der Waals surface area contributed by atoms with E-state index in [-0.39, 0.29) is 6.10 Å². The largest absolute Gasteiger partial charge is 0.497 e. The van der Waals surface area contributed by atoms with Gasteiger partial charge in [0.1, 0.15) is 17.9 Å². The summed E-state index contributed by atoms with van der Waals surface area (Å²) < 4.78 is 12.8. The zero-order chi connectivity index (χ0) is 17.8. The van der Waals surface area contributed by atoms with Crippen molar-refractivity contribution in [2.45, 2.75) is 25.5 Å². The van der Waals surface area contributed by atoms with Gasteiger partial charge in [-0.15, -0.1) is 0 Å². The molecule has 1 aliphatic rings. The molecule has 2 aromatic heterocycles. The Kier molecular flexibility index (Phi) is 4.79. The summed E-state index contributed by atoms with van der Waals surface area (Å²) in [6.07, 6.45) is 7.81. The van der Waals surface area contributed by atoms with Crippen molar-refractivity contribution in [3.63, 3.8) is 0 Å². The first kappa shape index (κ1) is 16.5. The lowest BCUT2D eigenvalue weighted by Crippen LogP contribution is -2.15. The molecule has 7 nitrogen and oxygen atoms in total. The fourth-order valence-electron chi connectivity index (χ4n) is 3.02. The van der Waals surface area contributed by atoms with Crippen LogP contribution in [0.1, 0.15) is 12.8 Å². The second-order valence-corrected chi connectivity index (χ2v) is 6.23. The van der Waals surface area contributed by atoms with E-state index >= 15 is 0 Å². The van der Waals surface area contributed by atoms with Crippen molar-refractivity contribution in [2.75, 3.05) is 19.0 Å². The standard InChI is InChI=1S/C19H21N5O2/c1-25-16-6-4-14(5-7-16)18-9-19(21-13-20-18)23-15-10-22-24(11-15)12-17-3-2-8-26-17/h4-7,9-11,13,17H,2-3,8,12H2,1H3,(H,20,21,23). The Morgan fingerprint density at radius 1 is 1.27 bits per heavy atom. The van der Waals surface area contributed by atoms with Gasteiger partial charge in [0.05, 0.1) is 37.3 Å². The SMILES string of the molecule is COc1ccc(-c2cc(Nc3cnn(CC4CCCO4)c3)ncn2)cc1. The van der Waals surface area contributed by atoms with E-state index < -0.39 is 0 Å². The molecule has 3 heterocycles. The molecule has 0 radical (unpaired) electrons. The third-order valence-corrected chi connectivity index (χ3v) is 4.37. The number of nitrogens with zero attached hydrogens (tertiary/aromatic N) is 4. The second kappa shape index (κ2) is 7.53. The van der Waals surface area contributed by atoms with Crippen LogP contribution in [0.2, 0.25) is 0 Å². The van der Waals surface area contributed by atoms with Gasteiger partial charge in [-0.2, -0.15) is 5.10 Å². The molecule has 0 bridgehead atoms. The van der Waals surface area contributed by atoms with Gasteiger partial charge in [-0.05, 0) is 37.1 Å². The Hall–Kier alpha value is -2.93. The number of nitrogens with one attached hydrogen (secondary N) is 1. The number of methoxy groups -OCH3 is 1. The summed E-state index contributed by atoms with van der Waals surface area (Å²) in [5.41, 5.74) is 2.74. The van der Waals surface area contributed by atoms with Gasteiger partial charge in [0.2, 0.25) is 0 Å². The topological polar surface area (TPSA) is 74.1 Å². The molecule has 7 heteroatoms. The van der Waals surface area contributed by atoms with E-state index in [2.05, 4.69) is 20.4 Å². The van der Waals surface area contributed by atoms with Crippen LogP contribution in [0.25, 0.3) is 11.3 Å². The maximum atomic E-state index is 5.65. The van der Waals surface area contributed by atoms with Gasteiger partial charge in [0.15, 0.2) is 0 Å². The zero-order valence-corrected chi connectivity index (χ0v) is 14.6. The fourth-order valence-corrected chi connectivity index (χ4v) is 3.02. The van der Waals surface area contributed by atoms with Crippen LogP contribution >= 0.6 is 0 Å². The third-order valence-electron chi connectivity index (χ3n) is 4.37. The molecule has 1 fully saturated rings. The molecule has 1 saturated heterocycles. The maximum absolute atomic E-state index is 5.65. The molecule has 0 aliphatic carbocycles. The van der Waals surface area contributed by atoms with Gasteiger partial charge in [0.25, 0.3) is 0 Å². The number of hydrogen-bond acceptors (Lipinski definition) is 6. The quantitative estimate of drug-likeness (QED) is 0.735. The Balaban J connectivity index is 1.45.